The van der Waals surface area contributed by atoms with Gasteiger partial charge in [-0.15, -0.1) is 0 Å². The van der Waals surface area contributed by atoms with Crippen molar-refractivity contribution in [3.8, 4) is 22.4 Å². The highest BCUT2D eigenvalue weighted by atomic mass is 32.2. The molecule has 136 valence electrons. The second-order valence-electron chi connectivity index (χ2n) is 5.49. The third kappa shape index (κ3) is 3.77. The van der Waals surface area contributed by atoms with Crippen LogP contribution in [0.25, 0.3) is 22.4 Å². The van der Waals surface area contributed by atoms with Crippen LogP contribution < -0.4 is 4.72 Å². The molecule has 0 aliphatic carbocycles. The quantitative estimate of drug-likeness (QED) is 0.647. The van der Waals surface area contributed by atoms with Gasteiger partial charge in [0, 0.05) is 23.1 Å². The Hall–Kier alpha value is -2.68. The van der Waals surface area contributed by atoms with Crippen molar-refractivity contribution in [3.63, 3.8) is 0 Å². The molecule has 0 fully saturated rings. The molecule has 1 atom stereocenters. The van der Waals surface area contributed by atoms with E-state index in [9.17, 15) is 21.8 Å². The maximum absolute atomic E-state index is 13.5. The van der Waals surface area contributed by atoms with Gasteiger partial charge in [0.25, 0.3) is 0 Å². The molecule has 26 heavy (non-hydrogen) atoms. The van der Waals surface area contributed by atoms with Crippen LogP contribution in [0.4, 0.5) is 23.2 Å². The van der Waals surface area contributed by atoms with Crippen molar-refractivity contribution >= 4 is 16.7 Å². The Balaban J connectivity index is 2.06. The van der Waals surface area contributed by atoms with Crippen molar-refractivity contribution in [3.05, 3.63) is 60.0 Å². The lowest BCUT2D eigenvalue weighted by molar-refractivity contribution is -0.139. The van der Waals surface area contributed by atoms with Gasteiger partial charge in [-0.2, -0.15) is 18.3 Å². The van der Waals surface area contributed by atoms with Crippen LogP contribution in [0.3, 0.4) is 0 Å². The van der Waals surface area contributed by atoms with E-state index < -0.39 is 28.5 Å². The minimum Gasteiger partial charge on any atom is -0.305 e. The van der Waals surface area contributed by atoms with Crippen molar-refractivity contribution in [1.82, 2.24) is 10.2 Å². The van der Waals surface area contributed by atoms with Crippen LogP contribution >= 0.6 is 0 Å². The van der Waals surface area contributed by atoms with Crippen molar-refractivity contribution < 1.29 is 21.8 Å². The fraction of sp³-hybridized carbons (Fsp3) is 0.118. The first-order valence-electron chi connectivity index (χ1n) is 7.36. The molecule has 1 heterocycles. The van der Waals surface area contributed by atoms with Crippen molar-refractivity contribution in [2.45, 2.75) is 6.18 Å². The van der Waals surface area contributed by atoms with E-state index >= 15 is 0 Å². The molecule has 3 aromatic rings. The molecule has 0 amide bonds. The Bertz CT molecular complexity index is 969. The summed E-state index contributed by atoms with van der Waals surface area (Å²) in [6, 6.07) is 9.65. The fourth-order valence-electron chi connectivity index (χ4n) is 2.54. The lowest BCUT2D eigenvalue weighted by Gasteiger charge is -2.11. The summed E-state index contributed by atoms with van der Waals surface area (Å²) in [5.41, 5.74) is 0.921. The predicted molar refractivity (Wildman–Crippen MR) is 92.1 cm³/mol. The number of alkyl halides is 3. The summed E-state index contributed by atoms with van der Waals surface area (Å²) in [4.78, 5) is 0. The summed E-state index contributed by atoms with van der Waals surface area (Å²) >= 11 is 0. The van der Waals surface area contributed by atoms with Crippen LogP contribution in [0.2, 0.25) is 0 Å². The Labute approximate surface area is 148 Å². The minimum absolute atomic E-state index is 0.156. The third-order valence-corrected chi connectivity index (χ3v) is 4.16. The van der Waals surface area contributed by atoms with Gasteiger partial charge in [0.2, 0.25) is 0 Å². The molecule has 0 aliphatic rings. The first-order valence-corrected chi connectivity index (χ1v) is 8.92. The Kier molecular flexibility index (Phi) is 4.82. The van der Waals surface area contributed by atoms with Crippen molar-refractivity contribution in [2.75, 3.05) is 11.0 Å². The summed E-state index contributed by atoms with van der Waals surface area (Å²) in [7, 11) is -1.27. The highest BCUT2D eigenvalue weighted by molar-refractivity contribution is 7.85. The topological polar surface area (TPSA) is 57.8 Å². The van der Waals surface area contributed by atoms with E-state index in [0.717, 1.165) is 12.1 Å². The number of nitrogens with one attached hydrogen (secondary N) is 2. The summed E-state index contributed by atoms with van der Waals surface area (Å²) in [6.07, 6.45) is -1.85. The Morgan fingerprint density at radius 3 is 2.58 bits per heavy atom. The van der Waals surface area contributed by atoms with Crippen molar-refractivity contribution in [1.29, 1.82) is 0 Å². The van der Waals surface area contributed by atoms with E-state index in [2.05, 4.69) is 14.9 Å². The lowest BCUT2D eigenvalue weighted by Crippen LogP contribution is -2.08. The molecule has 4 nitrogen and oxygen atoms in total. The number of benzene rings is 2. The zero-order valence-corrected chi connectivity index (χ0v) is 14.2. The van der Waals surface area contributed by atoms with Crippen LogP contribution in [0, 0.1) is 5.82 Å². The molecule has 9 heteroatoms. The van der Waals surface area contributed by atoms with E-state index in [0.29, 0.717) is 22.5 Å². The van der Waals surface area contributed by atoms with Gasteiger partial charge in [-0.25, -0.2) is 8.60 Å². The zero-order chi connectivity index (χ0) is 18.9. The van der Waals surface area contributed by atoms with Gasteiger partial charge in [-0.05, 0) is 35.9 Å². The maximum Gasteiger partial charge on any atom is 0.419 e. The van der Waals surface area contributed by atoms with E-state index in [1.165, 1.54) is 18.5 Å². The minimum atomic E-state index is -4.80. The molecule has 3 rings (SSSR count). The number of aromatic nitrogens is 2. The van der Waals surface area contributed by atoms with Crippen LogP contribution in [-0.4, -0.2) is 20.7 Å². The highest BCUT2D eigenvalue weighted by Crippen LogP contribution is 2.36. The molecule has 1 aromatic heterocycles. The van der Waals surface area contributed by atoms with Crippen LogP contribution in [0.1, 0.15) is 5.56 Å². The predicted octanol–water partition coefficient (Wildman–Crippen LogP) is 4.61. The Morgan fingerprint density at radius 1 is 1.12 bits per heavy atom. The third-order valence-electron chi connectivity index (χ3n) is 3.63. The standard InChI is InChI=1S/C17H13F4N3OS/c1-26(25)24-12-4-2-3-10(7-12)13-9-22-23-16(13)11-5-6-15(18)14(8-11)17(19,20)21/h2-9,24H,1H3,(H,22,23). The number of anilines is 1. The number of H-pyrrole nitrogens is 1. The SMILES string of the molecule is CS(=O)Nc1cccc(-c2cn[nH]c2-c2ccc(F)c(C(F)(F)F)c2)c1. The normalized spacial score (nSPS) is 12.8. The van der Waals surface area contributed by atoms with Crippen LogP contribution in [0.15, 0.2) is 48.7 Å². The molecular formula is C17H13F4N3OS. The van der Waals surface area contributed by atoms with E-state index in [1.807, 2.05) is 0 Å². The second kappa shape index (κ2) is 6.91. The fourth-order valence-corrected chi connectivity index (χ4v) is 3.00. The number of halogens is 4. The average molecular weight is 383 g/mol. The lowest BCUT2D eigenvalue weighted by atomic mass is 10.00. The van der Waals surface area contributed by atoms with Gasteiger partial charge in [0.15, 0.2) is 0 Å². The number of aromatic amines is 1. The van der Waals surface area contributed by atoms with Gasteiger partial charge in [-0.1, -0.05) is 12.1 Å². The second-order valence-corrected chi connectivity index (χ2v) is 6.60. The van der Waals surface area contributed by atoms with Gasteiger partial charge >= 0.3 is 6.18 Å². The molecule has 0 spiro atoms. The summed E-state index contributed by atoms with van der Waals surface area (Å²) in [5, 5.41) is 6.56. The molecular weight excluding hydrogens is 370 g/mol. The van der Waals surface area contributed by atoms with Crippen LogP contribution in [-0.2, 0) is 17.2 Å². The molecule has 1 unspecified atom stereocenters. The van der Waals surface area contributed by atoms with Crippen molar-refractivity contribution in [2.24, 2.45) is 0 Å². The van der Waals surface area contributed by atoms with Gasteiger partial charge in [0.1, 0.15) is 16.8 Å². The highest BCUT2D eigenvalue weighted by Gasteiger charge is 2.34. The molecule has 2 aromatic carbocycles. The van der Waals surface area contributed by atoms with Gasteiger partial charge in [-0.3, -0.25) is 5.10 Å². The van der Waals surface area contributed by atoms with Gasteiger partial charge < -0.3 is 4.72 Å². The smallest absolute Gasteiger partial charge is 0.305 e. The number of hydrogen-bond acceptors (Lipinski definition) is 2. The molecule has 2 N–H and O–H groups in total. The molecule has 0 aliphatic heterocycles. The average Bonchev–Trinajstić information content (AvgIpc) is 3.03. The zero-order valence-electron chi connectivity index (χ0n) is 13.4. The maximum atomic E-state index is 13.5. The van der Waals surface area contributed by atoms with E-state index in [4.69, 9.17) is 0 Å². The summed E-state index contributed by atoms with van der Waals surface area (Å²) in [5.74, 6) is -1.33. The first kappa shape index (κ1) is 18.1. The number of rotatable bonds is 4. The van der Waals surface area contributed by atoms with Crippen LogP contribution in [0.5, 0.6) is 0 Å². The number of hydrogen-bond donors (Lipinski definition) is 2. The van der Waals surface area contributed by atoms with E-state index in [-0.39, 0.29) is 5.56 Å². The largest absolute Gasteiger partial charge is 0.419 e. The number of nitrogens with zero attached hydrogens (tertiary/aromatic N) is 1. The van der Waals surface area contributed by atoms with Gasteiger partial charge in [0.05, 0.1) is 17.5 Å². The Morgan fingerprint density at radius 2 is 1.88 bits per heavy atom. The van der Waals surface area contributed by atoms with E-state index in [1.54, 1.807) is 24.3 Å². The monoisotopic (exact) mass is 383 g/mol. The molecule has 0 saturated heterocycles. The molecule has 0 radical (unpaired) electrons. The summed E-state index contributed by atoms with van der Waals surface area (Å²) < 4.78 is 66.5. The molecule has 0 bridgehead atoms. The summed E-state index contributed by atoms with van der Waals surface area (Å²) in [6.45, 7) is 0. The molecule has 0 saturated carbocycles. The first-order chi connectivity index (χ1) is 12.3.